The minimum absolute atomic E-state index is 0.0298. The molecular weight excluding hydrogens is 466 g/mol. The van der Waals surface area contributed by atoms with Gasteiger partial charge in [0.25, 0.3) is 5.56 Å². The Labute approximate surface area is 207 Å². The zero-order valence-electron chi connectivity index (χ0n) is 19.4. The molecule has 1 aliphatic carbocycles. The molecule has 3 aliphatic rings. The summed E-state index contributed by atoms with van der Waals surface area (Å²) in [5, 5.41) is 1.09. The second kappa shape index (κ2) is 9.13. The molecule has 8 heteroatoms. The molecule has 2 aliphatic heterocycles. The van der Waals surface area contributed by atoms with Gasteiger partial charge in [0, 0.05) is 23.7 Å². The molecule has 178 valence electrons. The number of carbonyl (C=O) groups is 1. The SMILES string of the molecule is CC(Sc1nc2sc3c(c2c(=O)n1CC1CCCO1)CCCC3)C(=O)N1CCc2ccccc21. The summed E-state index contributed by atoms with van der Waals surface area (Å²) in [4.78, 5) is 36.3. The minimum Gasteiger partial charge on any atom is -0.376 e. The summed E-state index contributed by atoms with van der Waals surface area (Å²) in [6, 6.07) is 8.11. The number of fused-ring (bicyclic) bond motifs is 4. The molecule has 0 spiro atoms. The Morgan fingerprint density at radius 3 is 2.94 bits per heavy atom. The zero-order valence-corrected chi connectivity index (χ0v) is 21.1. The summed E-state index contributed by atoms with van der Waals surface area (Å²) in [5.41, 5.74) is 3.46. The van der Waals surface area contributed by atoms with Gasteiger partial charge in [0.2, 0.25) is 5.91 Å². The maximum Gasteiger partial charge on any atom is 0.263 e. The minimum atomic E-state index is -0.346. The number of benzene rings is 1. The van der Waals surface area contributed by atoms with Crippen LogP contribution in [0.3, 0.4) is 0 Å². The highest BCUT2D eigenvalue weighted by Gasteiger charge is 2.31. The van der Waals surface area contributed by atoms with Crippen LogP contribution in [-0.2, 0) is 35.3 Å². The molecule has 0 radical (unpaired) electrons. The number of thiophene rings is 1. The standard InChI is InChI=1S/C26H29N3O3S2/c1-16(24(30)28-13-12-17-7-2-4-10-20(17)28)33-26-27-23-22(19-9-3-5-11-21(19)34-23)25(31)29(26)15-18-8-6-14-32-18/h2,4,7,10,16,18H,3,5-6,8-9,11-15H2,1H3. The van der Waals surface area contributed by atoms with Crippen LogP contribution >= 0.6 is 23.1 Å². The van der Waals surface area contributed by atoms with E-state index in [9.17, 15) is 9.59 Å². The Kier molecular flexibility index (Phi) is 5.99. The number of rotatable bonds is 5. The fourth-order valence-electron chi connectivity index (χ4n) is 5.46. The van der Waals surface area contributed by atoms with Crippen molar-refractivity contribution in [1.82, 2.24) is 9.55 Å². The molecular formula is C26H29N3O3S2. The van der Waals surface area contributed by atoms with Crippen LogP contribution in [-0.4, -0.2) is 40.0 Å². The average Bonchev–Trinajstić information content (AvgIpc) is 3.59. The van der Waals surface area contributed by atoms with Gasteiger partial charge in [0.15, 0.2) is 5.16 Å². The van der Waals surface area contributed by atoms with Crippen molar-refractivity contribution in [2.45, 2.75) is 74.9 Å². The van der Waals surface area contributed by atoms with E-state index in [4.69, 9.17) is 9.72 Å². The maximum absolute atomic E-state index is 13.8. The first-order chi connectivity index (χ1) is 16.6. The van der Waals surface area contributed by atoms with Crippen LogP contribution < -0.4 is 10.5 Å². The molecule has 1 saturated heterocycles. The van der Waals surface area contributed by atoms with Crippen molar-refractivity contribution in [2.24, 2.45) is 0 Å². The molecule has 0 saturated carbocycles. The van der Waals surface area contributed by atoms with Gasteiger partial charge >= 0.3 is 0 Å². The smallest absolute Gasteiger partial charge is 0.263 e. The number of aromatic nitrogens is 2. The normalized spacial score (nSPS) is 20.5. The first-order valence-corrected chi connectivity index (χ1v) is 14.0. The van der Waals surface area contributed by atoms with Crippen LogP contribution in [0.2, 0.25) is 0 Å². The lowest BCUT2D eigenvalue weighted by Gasteiger charge is -2.22. The maximum atomic E-state index is 13.8. The Hall–Kier alpha value is -2.16. The van der Waals surface area contributed by atoms with Gasteiger partial charge in [-0.05, 0) is 69.1 Å². The quantitative estimate of drug-likeness (QED) is 0.383. The van der Waals surface area contributed by atoms with E-state index >= 15 is 0 Å². The van der Waals surface area contributed by atoms with E-state index in [1.165, 1.54) is 34.2 Å². The van der Waals surface area contributed by atoms with Gasteiger partial charge in [-0.2, -0.15) is 0 Å². The van der Waals surface area contributed by atoms with E-state index in [0.717, 1.165) is 61.0 Å². The fourth-order valence-corrected chi connectivity index (χ4v) is 7.74. The number of thioether (sulfide) groups is 1. The van der Waals surface area contributed by atoms with Crippen molar-refractivity contribution in [1.29, 1.82) is 0 Å². The molecule has 0 N–H and O–H groups in total. The summed E-state index contributed by atoms with van der Waals surface area (Å²) in [5.74, 6) is 0.0680. The molecule has 0 bridgehead atoms. The lowest BCUT2D eigenvalue weighted by Crippen LogP contribution is -2.36. The number of carbonyl (C=O) groups excluding carboxylic acids is 1. The Bertz CT molecular complexity index is 1310. The van der Waals surface area contributed by atoms with Gasteiger partial charge in [-0.25, -0.2) is 4.98 Å². The molecule has 6 nitrogen and oxygen atoms in total. The van der Waals surface area contributed by atoms with E-state index < -0.39 is 0 Å². The summed E-state index contributed by atoms with van der Waals surface area (Å²) < 4.78 is 7.67. The van der Waals surface area contributed by atoms with E-state index in [1.54, 1.807) is 15.9 Å². The second-order valence-electron chi connectivity index (χ2n) is 9.46. The van der Waals surface area contributed by atoms with Crippen molar-refractivity contribution in [2.75, 3.05) is 18.1 Å². The monoisotopic (exact) mass is 495 g/mol. The number of ether oxygens (including phenoxy) is 1. The molecule has 2 atom stereocenters. The highest BCUT2D eigenvalue weighted by molar-refractivity contribution is 8.00. The predicted octanol–water partition coefficient (Wildman–Crippen LogP) is 4.59. The summed E-state index contributed by atoms with van der Waals surface area (Å²) in [7, 11) is 0. The summed E-state index contributed by atoms with van der Waals surface area (Å²) in [6.07, 6.45) is 7.19. The largest absolute Gasteiger partial charge is 0.376 e. The van der Waals surface area contributed by atoms with Crippen LogP contribution in [0.25, 0.3) is 10.2 Å². The molecule has 1 amide bonds. The summed E-state index contributed by atoms with van der Waals surface area (Å²) >= 11 is 3.08. The van der Waals surface area contributed by atoms with E-state index in [0.29, 0.717) is 18.2 Å². The van der Waals surface area contributed by atoms with Crippen LogP contribution in [0.5, 0.6) is 0 Å². The topological polar surface area (TPSA) is 64.4 Å². The Morgan fingerprint density at radius 2 is 2.09 bits per heavy atom. The molecule has 6 rings (SSSR count). The van der Waals surface area contributed by atoms with Crippen LogP contribution in [0, 0.1) is 0 Å². The molecule has 2 unspecified atom stereocenters. The number of nitrogens with zero attached hydrogens (tertiary/aromatic N) is 3. The third-order valence-corrected chi connectivity index (χ3v) is 9.50. The predicted molar refractivity (Wildman–Crippen MR) is 137 cm³/mol. The van der Waals surface area contributed by atoms with Crippen molar-refractivity contribution < 1.29 is 9.53 Å². The fraction of sp³-hybridized carbons (Fsp3) is 0.500. The van der Waals surface area contributed by atoms with Crippen molar-refractivity contribution >= 4 is 44.9 Å². The number of hydrogen-bond donors (Lipinski definition) is 0. The third kappa shape index (κ3) is 3.89. The summed E-state index contributed by atoms with van der Waals surface area (Å²) in [6.45, 7) is 3.88. The first-order valence-electron chi connectivity index (χ1n) is 12.3. The van der Waals surface area contributed by atoms with Crippen molar-refractivity contribution in [3.63, 3.8) is 0 Å². The van der Waals surface area contributed by atoms with Gasteiger partial charge in [-0.1, -0.05) is 30.0 Å². The number of amides is 1. The lowest BCUT2D eigenvalue weighted by molar-refractivity contribution is -0.117. The van der Waals surface area contributed by atoms with Gasteiger partial charge in [-0.15, -0.1) is 11.3 Å². The number of aryl methyl sites for hydroxylation is 2. The molecule has 34 heavy (non-hydrogen) atoms. The third-order valence-electron chi connectivity index (χ3n) is 7.23. The second-order valence-corrected chi connectivity index (χ2v) is 11.9. The molecule has 4 heterocycles. The molecule has 3 aromatic rings. The molecule has 1 fully saturated rings. The van der Waals surface area contributed by atoms with Gasteiger partial charge in [-0.3, -0.25) is 14.2 Å². The van der Waals surface area contributed by atoms with E-state index in [2.05, 4.69) is 6.07 Å². The van der Waals surface area contributed by atoms with Crippen LogP contribution in [0.1, 0.15) is 48.6 Å². The Morgan fingerprint density at radius 1 is 1.24 bits per heavy atom. The molecule has 2 aromatic heterocycles. The van der Waals surface area contributed by atoms with Crippen LogP contribution in [0.15, 0.2) is 34.2 Å². The zero-order chi connectivity index (χ0) is 23.2. The van der Waals surface area contributed by atoms with Crippen molar-refractivity contribution in [3.8, 4) is 0 Å². The molecule has 1 aromatic carbocycles. The van der Waals surface area contributed by atoms with Crippen molar-refractivity contribution in [3.05, 3.63) is 50.6 Å². The van der Waals surface area contributed by atoms with Gasteiger partial charge in [0.05, 0.1) is 23.3 Å². The highest BCUT2D eigenvalue weighted by Crippen LogP contribution is 2.36. The van der Waals surface area contributed by atoms with Crippen LogP contribution in [0.4, 0.5) is 5.69 Å². The van der Waals surface area contributed by atoms with E-state index in [1.807, 2.05) is 30.0 Å². The number of para-hydroxylation sites is 1. The first kappa shape index (κ1) is 22.3. The van der Waals surface area contributed by atoms with Gasteiger partial charge < -0.3 is 9.64 Å². The highest BCUT2D eigenvalue weighted by atomic mass is 32.2. The van der Waals surface area contributed by atoms with Gasteiger partial charge in [0.1, 0.15) is 4.83 Å². The lowest BCUT2D eigenvalue weighted by atomic mass is 9.97. The Balaban J connectivity index is 1.35. The number of anilines is 1. The van der Waals surface area contributed by atoms with E-state index in [-0.39, 0.29) is 22.8 Å². The average molecular weight is 496 g/mol. The number of hydrogen-bond acceptors (Lipinski definition) is 6.